The SMILES string of the molecule is COc1cc(N(C)C)cc([Si](C)(C)c2cc(N(C)C)cc(OC)c2C)c1C. The molecule has 0 aliphatic carbocycles. The summed E-state index contributed by atoms with van der Waals surface area (Å²) in [5.41, 5.74) is 4.80. The summed E-state index contributed by atoms with van der Waals surface area (Å²) in [6, 6.07) is 8.90. The molecule has 0 bridgehead atoms. The molecule has 2 aromatic carbocycles. The largest absolute Gasteiger partial charge is 0.496 e. The van der Waals surface area contributed by atoms with E-state index in [1.54, 1.807) is 14.2 Å². The first-order valence-electron chi connectivity index (χ1n) is 9.27. The fourth-order valence-electron chi connectivity index (χ4n) is 3.73. The predicted molar refractivity (Wildman–Crippen MR) is 121 cm³/mol. The van der Waals surface area contributed by atoms with Crippen molar-refractivity contribution in [3.05, 3.63) is 35.4 Å². The molecule has 27 heavy (non-hydrogen) atoms. The van der Waals surface area contributed by atoms with Crippen LogP contribution in [0.25, 0.3) is 0 Å². The summed E-state index contributed by atoms with van der Waals surface area (Å²) in [4.78, 5) is 4.28. The number of anilines is 2. The Balaban J connectivity index is 2.79. The highest BCUT2D eigenvalue weighted by Crippen LogP contribution is 2.28. The lowest BCUT2D eigenvalue weighted by molar-refractivity contribution is 0.412. The first kappa shape index (κ1) is 21.2. The second-order valence-corrected chi connectivity index (χ2v) is 12.4. The van der Waals surface area contributed by atoms with Gasteiger partial charge in [-0.3, -0.25) is 0 Å². The molecule has 0 unspecified atom stereocenters. The summed E-state index contributed by atoms with van der Waals surface area (Å²) < 4.78 is 11.4. The lowest BCUT2D eigenvalue weighted by Crippen LogP contribution is -2.55. The highest BCUT2D eigenvalue weighted by atomic mass is 28.3. The number of rotatable bonds is 6. The van der Waals surface area contributed by atoms with Crippen molar-refractivity contribution in [1.29, 1.82) is 0 Å². The molecule has 0 saturated heterocycles. The van der Waals surface area contributed by atoms with Gasteiger partial charge in [-0.25, -0.2) is 0 Å². The van der Waals surface area contributed by atoms with Crippen LogP contribution >= 0.6 is 0 Å². The number of benzene rings is 2. The molecule has 4 nitrogen and oxygen atoms in total. The van der Waals surface area contributed by atoms with Gasteiger partial charge in [-0.2, -0.15) is 0 Å². The highest BCUT2D eigenvalue weighted by Gasteiger charge is 2.32. The third kappa shape index (κ3) is 3.93. The molecule has 0 aliphatic heterocycles. The molecule has 0 saturated carbocycles. The van der Waals surface area contributed by atoms with Crippen LogP contribution in [0.2, 0.25) is 13.1 Å². The van der Waals surface area contributed by atoms with E-state index < -0.39 is 8.07 Å². The van der Waals surface area contributed by atoms with E-state index in [-0.39, 0.29) is 0 Å². The van der Waals surface area contributed by atoms with Crippen LogP contribution in [-0.4, -0.2) is 50.5 Å². The minimum absolute atomic E-state index is 0.949. The van der Waals surface area contributed by atoms with Crippen LogP contribution in [0, 0.1) is 13.8 Å². The van der Waals surface area contributed by atoms with Gasteiger partial charge in [-0.15, -0.1) is 0 Å². The summed E-state index contributed by atoms with van der Waals surface area (Å²) in [6.07, 6.45) is 0. The predicted octanol–water partition coefficient (Wildman–Crippen LogP) is 3.28. The smallest absolute Gasteiger partial charge is 0.123 e. The monoisotopic (exact) mass is 386 g/mol. The molecule has 0 fully saturated rings. The van der Waals surface area contributed by atoms with E-state index in [0.717, 1.165) is 11.5 Å². The van der Waals surface area contributed by atoms with Crippen molar-refractivity contribution in [2.24, 2.45) is 0 Å². The van der Waals surface area contributed by atoms with E-state index in [1.807, 2.05) is 0 Å². The van der Waals surface area contributed by atoms with Crippen molar-refractivity contribution in [2.75, 3.05) is 52.2 Å². The standard InChI is InChI=1S/C22H34N2O2Si/c1-15-19(25-7)11-17(23(3)4)13-21(15)27(9,10)22-14-18(24(5)6)12-20(26-8)16(22)2/h11-14H,1-10H3. The zero-order valence-electron chi connectivity index (χ0n) is 18.5. The van der Waals surface area contributed by atoms with Crippen molar-refractivity contribution >= 4 is 29.8 Å². The minimum atomic E-state index is -2.01. The topological polar surface area (TPSA) is 24.9 Å². The summed E-state index contributed by atoms with van der Waals surface area (Å²) in [7, 11) is 9.79. The third-order valence-electron chi connectivity index (χ3n) is 5.51. The maximum absolute atomic E-state index is 5.71. The van der Waals surface area contributed by atoms with Gasteiger partial charge < -0.3 is 19.3 Å². The molecule has 0 atom stereocenters. The van der Waals surface area contributed by atoms with Crippen LogP contribution in [0.4, 0.5) is 11.4 Å². The van der Waals surface area contributed by atoms with E-state index in [9.17, 15) is 0 Å². The quantitative estimate of drug-likeness (QED) is 0.712. The average molecular weight is 387 g/mol. The first-order valence-corrected chi connectivity index (χ1v) is 12.3. The molecule has 0 heterocycles. The third-order valence-corrected chi connectivity index (χ3v) is 9.24. The Morgan fingerprint density at radius 3 is 1.26 bits per heavy atom. The van der Waals surface area contributed by atoms with Gasteiger partial charge in [0, 0.05) is 51.7 Å². The summed E-state index contributed by atoms with van der Waals surface area (Å²) >= 11 is 0. The lowest BCUT2D eigenvalue weighted by atomic mass is 10.2. The number of ether oxygens (including phenoxy) is 2. The Hall–Kier alpha value is -2.14. The number of nitrogens with zero attached hydrogens (tertiary/aromatic N) is 2. The van der Waals surface area contributed by atoms with Crippen molar-refractivity contribution in [1.82, 2.24) is 0 Å². The number of hydrogen-bond donors (Lipinski definition) is 0. The Bertz CT molecular complexity index is 762. The Morgan fingerprint density at radius 2 is 1.00 bits per heavy atom. The second-order valence-electron chi connectivity index (χ2n) is 8.06. The molecule has 0 aromatic heterocycles. The molecule has 2 aromatic rings. The number of methoxy groups -OCH3 is 2. The fourth-order valence-corrected chi connectivity index (χ4v) is 7.16. The van der Waals surface area contributed by atoms with Crippen LogP contribution in [-0.2, 0) is 0 Å². The van der Waals surface area contributed by atoms with Gasteiger partial charge in [-0.05, 0) is 47.5 Å². The van der Waals surface area contributed by atoms with E-state index in [0.29, 0.717) is 0 Å². The van der Waals surface area contributed by atoms with Crippen LogP contribution < -0.4 is 29.6 Å². The van der Waals surface area contributed by atoms with Crippen molar-refractivity contribution in [3.63, 3.8) is 0 Å². The van der Waals surface area contributed by atoms with Crippen molar-refractivity contribution in [2.45, 2.75) is 26.9 Å². The van der Waals surface area contributed by atoms with Gasteiger partial charge >= 0.3 is 0 Å². The molecule has 2 rings (SSSR count). The zero-order chi connectivity index (χ0) is 20.5. The van der Waals surface area contributed by atoms with Crippen LogP contribution in [0.1, 0.15) is 11.1 Å². The first-order chi connectivity index (χ1) is 12.5. The van der Waals surface area contributed by atoms with Gasteiger partial charge in [-0.1, -0.05) is 13.1 Å². The summed E-state index contributed by atoms with van der Waals surface area (Å²) in [5.74, 6) is 1.90. The van der Waals surface area contributed by atoms with Crippen LogP contribution in [0.15, 0.2) is 24.3 Å². The molecular formula is C22H34N2O2Si. The van der Waals surface area contributed by atoms with Gasteiger partial charge in [0.2, 0.25) is 0 Å². The number of hydrogen-bond acceptors (Lipinski definition) is 4. The zero-order valence-corrected chi connectivity index (χ0v) is 19.5. The van der Waals surface area contributed by atoms with E-state index in [4.69, 9.17) is 9.47 Å². The summed E-state index contributed by atoms with van der Waals surface area (Å²) in [5, 5.41) is 2.79. The van der Waals surface area contributed by atoms with E-state index in [1.165, 1.54) is 32.9 Å². The molecule has 0 amide bonds. The Labute approximate surface area is 165 Å². The molecule has 0 radical (unpaired) electrons. The normalized spacial score (nSPS) is 11.3. The van der Waals surface area contributed by atoms with E-state index >= 15 is 0 Å². The summed E-state index contributed by atoms with van der Waals surface area (Å²) in [6.45, 7) is 9.17. The molecule has 0 spiro atoms. The average Bonchev–Trinajstić information content (AvgIpc) is 2.61. The molecular weight excluding hydrogens is 352 g/mol. The van der Waals surface area contributed by atoms with Crippen LogP contribution in [0.5, 0.6) is 11.5 Å². The lowest BCUT2D eigenvalue weighted by Gasteiger charge is -2.31. The van der Waals surface area contributed by atoms with Crippen molar-refractivity contribution < 1.29 is 9.47 Å². The minimum Gasteiger partial charge on any atom is -0.496 e. The van der Waals surface area contributed by atoms with Gasteiger partial charge in [0.1, 0.15) is 19.6 Å². The molecule has 148 valence electrons. The molecule has 0 N–H and O–H groups in total. The van der Waals surface area contributed by atoms with Gasteiger partial charge in [0.25, 0.3) is 0 Å². The molecule has 5 heteroatoms. The van der Waals surface area contributed by atoms with Gasteiger partial charge in [0.05, 0.1) is 14.2 Å². The highest BCUT2D eigenvalue weighted by molar-refractivity contribution is 7.01. The fraction of sp³-hybridized carbons (Fsp3) is 0.455. The molecule has 0 aliphatic rings. The Kier molecular flexibility index (Phi) is 6.15. The van der Waals surface area contributed by atoms with Gasteiger partial charge in [0.15, 0.2) is 0 Å². The maximum atomic E-state index is 5.71. The van der Waals surface area contributed by atoms with Crippen molar-refractivity contribution in [3.8, 4) is 11.5 Å². The maximum Gasteiger partial charge on any atom is 0.123 e. The second kappa shape index (κ2) is 7.85. The Morgan fingerprint density at radius 1 is 0.667 bits per heavy atom. The van der Waals surface area contributed by atoms with E-state index in [2.05, 4.69) is 89.2 Å². The van der Waals surface area contributed by atoms with Crippen LogP contribution in [0.3, 0.4) is 0 Å².